The van der Waals surface area contributed by atoms with Gasteiger partial charge in [-0.3, -0.25) is 14.6 Å². The van der Waals surface area contributed by atoms with Gasteiger partial charge in [0, 0.05) is 30.9 Å². The lowest BCUT2D eigenvalue weighted by Gasteiger charge is -2.32. The van der Waals surface area contributed by atoms with Gasteiger partial charge in [-0.15, -0.1) is 0 Å². The molecule has 6 nitrogen and oxygen atoms in total. The average Bonchev–Trinajstić information content (AvgIpc) is 2.69. The maximum Gasteiger partial charge on any atom is 0.253 e. The molecule has 26 heavy (non-hydrogen) atoms. The van der Waals surface area contributed by atoms with E-state index in [0.29, 0.717) is 23.8 Å². The molecule has 2 amide bonds. The van der Waals surface area contributed by atoms with Crippen LogP contribution in [0.4, 0.5) is 5.69 Å². The second kappa shape index (κ2) is 8.47. The number of nitrogens with one attached hydrogen (secondary N) is 1. The predicted octanol–water partition coefficient (Wildman–Crippen LogP) is 1.87. The van der Waals surface area contributed by atoms with E-state index in [1.807, 2.05) is 35.2 Å². The summed E-state index contributed by atoms with van der Waals surface area (Å²) in [5, 5.41) is 2.98. The predicted molar refractivity (Wildman–Crippen MR) is 100 cm³/mol. The number of nitrogens with zero attached hydrogens (tertiary/aromatic N) is 2. The maximum atomic E-state index is 12.4. The molecule has 0 aliphatic carbocycles. The Balaban J connectivity index is 1.40. The molecule has 3 rings (SSSR count). The van der Waals surface area contributed by atoms with Gasteiger partial charge in [0.1, 0.15) is 0 Å². The van der Waals surface area contributed by atoms with Crippen LogP contribution < -0.4 is 11.1 Å². The van der Waals surface area contributed by atoms with Gasteiger partial charge < -0.3 is 16.0 Å². The quantitative estimate of drug-likeness (QED) is 0.860. The van der Waals surface area contributed by atoms with Gasteiger partial charge in [0.15, 0.2) is 0 Å². The first-order valence-electron chi connectivity index (χ1n) is 8.93. The number of carbonyl (C=O) groups is 2. The molecule has 1 aromatic carbocycles. The fraction of sp³-hybridized carbons (Fsp3) is 0.350. The van der Waals surface area contributed by atoms with Crippen LogP contribution in [-0.4, -0.2) is 41.3 Å². The van der Waals surface area contributed by atoms with Crippen molar-refractivity contribution in [2.75, 3.05) is 25.4 Å². The first-order valence-corrected chi connectivity index (χ1v) is 8.93. The van der Waals surface area contributed by atoms with Crippen molar-refractivity contribution in [3.63, 3.8) is 0 Å². The van der Waals surface area contributed by atoms with Crippen LogP contribution in [0.25, 0.3) is 0 Å². The average molecular weight is 352 g/mol. The second-order valence-corrected chi connectivity index (χ2v) is 6.67. The van der Waals surface area contributed by atoms with Crippen LogP contribution in [0.3, 0.4) is 0 Å². The van der Waals surface area contributed by atoms with Crippen LogP contribution in [0.15, 0.2) is 48.7 Å². The highest BCUT2D eigenvalue weighted by Crippen LogP contribution is 2.18. The zero-order chi connectivity index (χ0) is 18.4. The van der Waals surface area contributed by atoms with Gasteiger partial charge in [-0.1, -0.05) is 18.2 Å². The van der Waals surface area contributed by atoms with Crippen molar-refractivity contribution in [1.29, 1.82) is 0 Å². The molecule has 0 spiro atoms. The topological polar surface area (TPSA) is 88.3 Å². The molecular weight excluding hydrogens is 328 g/mol. The van der Waals surface area contributed by atoms with Gasteiger partial charge in [-0.25, -0.2) is 0 Å². The summed E-state index contributed by atoms with van der Waals surface area (Å²) in [7, 11) is 0. The molecule has 1 aliphatic heterocycles. The highest BCUT2D eigenvalue weighted by Gasteiger charge is 2.23. The third kappa shape index (κ3) is 4.81. The number of aromatic nitrogens is 1. The Hall–Kier alpha value is -2.89. The summed E-state index contributed by atoms with van der Waals surface area (Å²) in [6.07, 6.45) is 3.62. The monoisotopic (exact) mass is 352 g/mol. The van der Waals surface area contributed by atoms with Crippen molar-refractivity contribution < 1.29 is 9.59 Å². The van der Waals surface area contributed by atoms with E-state index in [1.165, 1.54) is 0 Å². The Morgan fingerprint density at radius 3 is 2.50 bits per heavy atom. The van der Waals surface area contributed by atoms with E-state index in [1.54, 1.807) is 18.3 Å². The molecule has 1 saturated heterocycles. The molecule has 0 bridgehead atoms. The number of hydrogen-bond acceptors (Lipinski definition) is 4. The summed E-state index contributed by atoms with van der Waals surface area (Å²) in [5.41, 5.74) is 7.62. The van der Waals surface area contributed by atoms with Crippen LogP contribution in [0.2, 0.25) is 0 Å². The summed E-state index contributed by atoms with van der Waals surface area (Å²) >= 11 is 0. The minimum absolute atomic E-state index is 0.0370. The molecule has 6 heteroatoms. The van der Waals surface area contributed by atoms with Crippen molar-refractivity contribution in [2.24, 2.45) is 5.92 Å². The van der Waals surface area contributed by atoms with Crippen LogP contribution >= 0.6 is 0 Å². The maximum absolute atomic E-state index is 12.4. The molecule has 2 heterocycles. The van der Waals surface area contributed by atoms with Crippen molar-refractivity contribution in [3.8, 4) is 0 Å². The zero-order valence-corrected chi connectivity index (χ0v) is 14.7. The fourth-order valence-corrected chi connectivity index (χ4v) is 3.13. The zero-order valence-electron chi connectivity index (χ0n) is 14.7. The third-order valence-electron chi connectivity index (χ3n) is 4.70. The molecule has 0 atom stereocenters. The minimum atomic E-state index is -0.0370. The first-order chi connectivity index (χ1) is 12.6. The van der Waals surface area contributed by atoms with Gasteiger partial charge in [-0.05, 0) is 43.0 Å². The number of pyridine rings is 1. The molecule has 1 aliphatic rings. The molecule has 3 N–H and O–H groups in total. The lowest BCUT2D eigenvalue weighted by Crippen LogP contribution is -2.41. The molecule has 2 aromatic rings. The second-order valence-electron chi connectivity index (χ2n) is 6.67. The highest BCUT2D eigenvalue weighted by atomic mass is 16.2. The van der Waals surface area contributed by atoms with Crippen LogP contribution in [-0.2, 0) is 11.2 Å². The fourth-order valence-electron chi connectivity index (χ4n) is 3.13. The van der Waals surface area contributed by atoms with E-state index >= 15 is 0 Å². The molecule has 0 unspecified atom stereocenters. The Labute approximate surface area is 153 Å². The number of benzene rings is 1. The highest BCUT2D eigenvalue weighted by molar-refractivity contribution is 5.94. The van der Waals surface area contributed by atoms with Gasteiger partial charge in [0.05, 0.1) is 18.3 Å². The largest absolute Gasteiger partial charge is 0.397 e. The van der Waals surface area contributed by atoms with E-state index in [0.717, 1.165) is 31.5 Å². The van der Waals surface area contributed by atoms with Crippen molar-refractivity contribution in [2.45, 2.75) is 19.3 Å². The van der Waals surface area contributed by atoms with E-state index < -0.39 is 0 Å². The Morgan fingerprint density at radius 1 is 1.12 bits per heavy atom. The number of carbonyl (C=O) groups excluding carboxylic acids is 2. The van der Waals surface area contributed by atoms with Gasteiger partial charge in [-0.2, -0.15) is 0 Å². The van der Waals surface area contributed by atoms with Crippen molar-refractivity contribution in [3.05, 3.63) is 59.9 Å². The lowest BCUT2D eigenvalue weighted by molar-refractivity contribution is -0.120. The van der Waals surface area contributed by atoms with Gasteiger partial charge >= 0.3 is 0 Å². The summed E-state index contributed by atoms with van der Waals surface area (Å²) in [6, 6.07) is 12.9. The van der Waals surface area contributed by atoms with E-state index in [-0.39, 0.29) is 18.2 Å². The van der Waals surface area contributed by atoms with Crippen molar-refractivity contribution in [1.82, 2.24) is 15.2 Å². The molecule has 1 aromatic heterocycles. The summed E-state index contributed by atoms with van der Waals surface area (Å²) < 4.78 is 0. The molecular formula is C20H24N4O2. The number of rotatable bonds is 5. The van der Waals surface area contributed by atoms with Crippen LogP contribution in [0, 0.1) is 5.92 Å². The summed E-state index contributed by atoms with van der Waals surface area (Å²) in [5.74, 6) is 0.450. The smallest absolute Gasteiger partial charge is 0.253 e. The Bertz CT molecular complexity index is 738. The number of nitrogen functional groups attached to an aromatic ring is 1. The van der Waals surface area contributed by atoms with Crippen molar-refractivity contribution >= 4 is 17.5 Å². The van der Waals surface area contributed by atoms with Gasteiger partial charge in [0.25, 0.3) is 5.91 Å². The van der Waals surface area contributed by atoms with Crippen LogP contribution in [0.5, 0.6) is 0 Å². The Kier molecular flexibility index (Phi) is 5.84. The SMILES string of the molecule is Nc1ccc(CC(=O)NCC2CCN(C(=O)c3ccccc3)CC2)nc1. The molecule has 0 saturated carbocycles. The van der Waals surface area contributed by atoms with E-state index in [2.05, 4.69) is 10.3 Å². The molecule has 1 fully saturated rings. The first kappa shape index (κ1) is 17.9. The number of hydrogen-bond donors (Lipinski definition) is 2. The number of nitrogens with two attached hydrogens (primary N) is 1. The number of anilines is 1. The van der Waals surface area contributed by atoms with E-state index in [9.17, 15) is 9.59 Å². The number of likely N-dealkylation sites (tertiary alicyclic amines) is 1. The lowest BCUT2D eigenvalue weighted by atomic mass is 9.96. The van der Waals surface area contributed by atoms with E-state index in [4.69, 9.17) is 5.73 Å². The summed E-state index contributed by atoms with van der Waals surface area (Å²) in [6.45, 7) is 2.10. The number of piperidine rings is 1. The summed E-state index contributed by atoms with van der Waals surface area (Å²) in [4.78, 5) is 30.5. The normalized spacial score (nSPS) is 14.8. The third-order valence-corrected chi connectivity index (χ3v) is 4.70. The standard InChI is InChI=1S/C20H24N4O2/c21-17-6-7-18(22-14-17)12-19(25)23-13-15-8-10-24(11-9-15)20(26)16-4-2-1-3-5-16/h1-7,14-15H,8-13,21H2,(H,23,25). The van der Waals surface area contributed by atoms with Crippen LogP contribution in [0.1, 0.15) is 28.9 Å². The number of amides is 2. The van der Waals surface area contributed by atoms with Gasteiger partial charge in [0.2, 0.25) is 5.91 Å². The molecule has 136 valence electrons. The molecule has 0 radical (unpaired) electrons. The Morgan fingerprint density at radius 2 is 1.85 bits per heavy atom. The minimum Gasteiger partial charge on any atom is -0.397 e.